The number of ether oxygens (including phenoxy) is 1. The summed E-state index contributed by atoms with van der Waals surface area (Å²) < 4.78 is 6.73. The van der Waals surface area contributed by atoms with Crippen molar-refractivity contribution in [1.29, 1.82) is 0 Å². The second-order valence-electron chi connectivity index (χ2n) is 5.38. The number of fused-ring (bicyclic) bond motifs is 1. The lowest BCUT2D eigenvalue weighted by molar-refractivity contribution is -0.144. The van der Waals surface area contributed by atoms with Gasteiger partial charge in [-0.1, -0.05) is 30.3 Å². The van der Waals surface area contributed by atoms with E-state index in [2.05, 4.69) is 15.1 Å². The van der Waals surface area contributed by atoms with Gasteiger partial charge in [-0.05, 0) is 13.8 Å². The highest BCUT2D eigenvalue weighted by Crippen LogP contribution is 2.24. The summed E-state index contributed by atoms with van der Waals surface area (Å²) in [5.74, 6) is 0.914. The van der Waals surface area contributed by atoms with Crippen LogP contribution in [0.15, 0.2) is 42.7 Å². The molecular formula is C17H19N5O2. The van der Waals surface area contributed by atoms with Crippen molar-refractivity contribution in [2.75, 3.05) is 18.6 Å². The zero-order valence-corrected chi connectivity index (χ0v) is 13.9. The maximum absolute atomic E-state index is 12.1. The molecule has 0 aliphatic heterocycles. The normalized spacial score (nSPS) is 12.1. The average molecular weight is 325 g/mol. The second kappa shape index (κ2) is 6.66. The van der Waals surface area contributed by atoms with Crippen molar-refractivity contribution in [2.45, 2.75) is 19.9 Å². The summed E-state index contributed by atoms with van der Waals surface area (Å²) in [7, 11) is 1.83. The van der Waals surface area contributed by atoms with Gasteiger partial charge in [-0.15, -0.1) is 0 Å². The number of benzene rings is 1. The fourth-order valence-corrected chi connectivity index (χ4v) is 2.42. The number of rotatable bonds is 5. The van der Waals surface area contributed by atoms with Gasteiger partial charge in [0, 0.05) is 18.7 Å². The van der Waals surface area contributed by atoms with Crippen molar-refractivity contribution in [3.05, 3.63) is 42.7 Å². The van der Waals surface area contributed by atoms with Crippen LogP contribution in [0, 0.1) is 0 Å². The molecule has 0 bridgehead atoms. The molecule has 0 radical (unpaired) electrons. The quantitative estimate of drug-likeness (QED) is 0.670. The minimum atomic E-state index is -0.455. The number of carbonyl (C=O) groups is 1. The van der Waals surface area contributed by atoms with E-state index in [0.717, 1.165) is 17.1 Å². The number of esters is 1. The maximum Gasteiger partial charge on any atom is 0.328 e. The SMILES string of the molecule is CCOC(=O)C(C)N(C)c1cc(-c2ccccc2)nc2ncnn12. The largest absolute Gasteiger partial charge is 0.464 e. The van der Waals surface area contributed by atoms with E-state index in [1.165, 1.54) is 6.33 Å². The first kappa shape index (κ1) is 15.9. The number of nitrogens with zero attached hydrogens (tertiary/aromatic N) is 5. The van der Waals surface area contributed by atoms with Crippen molar-refractivity contribution in [2.24, 2.45) is 0 Å². The molecule has 124 valence electrons. The summed E-state index contributed by atoms with van der Waals surface area (Å²) in [6.07, 6.45) is 1.45. The van der Waals surface area contributed by atoms with Gasteiger partial charge >= 0.3 is 5.97 Å². The molecule has 0 spiro atoms. The Morgan fingerprint density at radius 1 is 1.33 bits per heavy atom. The van der Waals surface area contributed by atoms with Crippen LogP contribution in [-0.2, 0) is 9.53 Å². The van der Waals surface area contributed by atoms with Gasteiger partial charge in [-0.25, -0.2) is 9.78 Å². The number of carbonyl (C=O) groups excluding carboxylic acids is 1. The molecule has 0 saturated carbocycles. The third kappa shape index (κ3) is 2.92. The topological polar surface area (TPSA) is 72.6 Å². The van der Waals surface area contributed by atoms with Crippen molar-refractivity contribution >= 4 is 17.6 Å². The second-order valence-corrected chi connectivity index (χ2v) is 5.38. The Kier molecular flexibility index (Phi) is 4.41. The molecule has 1 atom stereocenters. The average Bonchev–Trinajstić information content (AvgIpc) is 3.09. The summed E-state index contributed by atoms with van der Waals surface area (Å²) in [4.78, 5) is 22.6. The van der Waals surface area contributed by atoms with Gasteiger partial charge in [0.2, 0.25) is 0 Å². The predicted octanol–water partition coefficient (Wildman–Crippen LogP) is 2.18. The monoisotopic (exact) mass is 325 g/mol. The summed E-state index contributed by atoms with van der Waals surface area (Å²) >= 11 is 0. The van der Waals surface area contributed by atoms with Crippen LogP contribution in [0.3, 0.4) is 0 Å². The molecule has 2 heterocycles. The highest BCUT2D eigenvalue weighted by Gasteiger charge is 2.23. The van der Waals surface area contributed by atoms with Crippen LogP contribution in [0.1, 0.15) is 13.8 Å². The van der Waals surface area contributed by atoms with Gasteiger partial charge in [0.25, 0.3) is 5.78 Å². The Morgan fingerprint density at radius 3 is 2.79 bits per heavy atom. The first-order valence-electron chi connectivity index (χ1n) is 7.77. The van der Waals surface area contributed by atoms with Crippen molar-refractivity contribution in [1.82, 2.24) is 19.6 Å². The van der Waals surface area contributed by atoms with Crippen LogP contribution in [0.5, 0.6) is 0 Å². The Labute approximate surface area is 139 Å². The molecule has 0 amide bonds. The van der Waals surface area contributed by atoms with E-state index in [1.54, 1.807) is 18.4 Å². The zero-order valence-electron chi connectivity index (χ0n) is 13.9. The van der Waals surface area contributed by atoms with Gasteiger partial charge in [0.15, 0.2) is 0 Å². The van der Waals surface area contributed by atoms with Gasteiger partial charge in [0.05, 0.1) is 12.3 Å². The molecular weight excluding hydrogens is 306 g/mol. The Bertz CT molecular complexity index is 847. The Balaban J connectivity index is 2.06. The predicted molar refractivity (Wildman–Crippen MR) is 90.7 cm³/mol. The molecule has 1 unspecified atom stereocenters. The molecule has 24 heavy (non-hydrogen) atoms. The smallest absolute Gasteiger partial charge is 0.328 e. The molecule has 0 saturated heterocycles. The maximum atomic E-state index is 12.1. The molecule has 0 aliphatic rings. The number of anilines is 1. The van der Waals surface area contributed by atoms with Crippen LogP contribution in [0.4, 0.5) is 5.82 Å². The summed E-state index contributed by atoms with van der Waals surface area (Å²) in [5.41, 5.74) is 1.75. The number of hydrogen-bond acceptors (Lipinski definition) is 6. The van der Waals surface area contributed by atoms with Crippen molar-refractivity contribution in [3.63, 3.8) is 0 Å². The van der Waals surface area contributed by atoms with E-state index in [4.69, 9.17) is 4.74 Å². The zero-order chi connectivity index (χ0) is 17.1. The van der Waals surface area contributed by atoms with Crippen molar-refractivity contribution < 1.29 is 9.53 Å². The van der Waals surface area contributed by atoms with Gasteiger partial charge in [0.1, 0.15) is 18.2 Å². The van der Waals surface area contributed by atoms with E-state index in [1.807, 2.05) is 48.3 Å². The van der Waals surface area contributed by atoms with Crippen LogP contribution < -0.4 is 4.90 Å². The molecule has 1 aromatic carbocycles. The molecule has 2 aromatic heterocycles. The third-order valence-electron chi connectivity index (χ3n) is 3.87. The summed E-state index contributed by atoms with van der Waals surface area (Å²) in [6.45, 7) is 3.94. The minimum absolute atomic E-state index is 0.286. The van der Waals surface area contributed by atoms with Crippen LogP contribution in [0.25, 0.3) is 17.0 Å². The van der Waals surface area contributed by atoms with E-state index >= 15 is 0 Å². The minimum Gasteiger partial charge on any atom is -0.464 e. The van der Waals surface area contributed by atoms with E-state index in [-0.39, 0.29) is 5.97 Å². The number of hydrogen-bond donors (Lipinski definition) is 0. The van der Waals surface area contributed by atoms with E-state index in [0.29, 0.717) is 12.4 Å². The van der Waals surface area contributed by atoms with Crippen LogP contribution >= 0.6 is 0 Å². The Morgan fingerprint density at radius 2 is 2.08 bits per heavy atom. The third-order valence-corrected chi connectivity index (χ3v) is 3.87. The molecule has 7 nitrogen and oxygen atoms in total. The fourth-order valence-electron chi connectivity index (χ4n) is 2.42. The fraction of sp³-hybridized carbons (Fsp3) is 0.294. The van der Waals surface area contributed by atoms with E-state index in [9.17, 15) is 4.79 Å². The highest BCUT2D eigenvalue weighted by atomic mass is 16.5. The summed E-state index contributed by atoms with van der Waals surface area (Å²) in [6, 6.07) is 11.3. The first-order chi connectivity index (χ1) is 11.6. The lowest BCUT2D eigenvalue weighted by Crippen LogP contribution is -2.38. The molecule has 0 fully saturated rings. The van der Waals surface area contributed by atoms with Crippen molar-refractivity contribution in [3.8, 4) is 11.3 Å². The van der Waals surface area contributed by atoms with Gasteiger partial charge < -0.3 is 9.64 Å². The highest BCUT2D eigenvalue weighted by molar-refractivity contribution is 5.79. The number of aromatic nitrogens is 4. The van der Waals surface area contributed by atoms with Crippen LogP contribution in [0.2, 0.25) is 0 Å². The van der Waals surface area contributed by atoms with Gasteiger partial charge in [-0.2, -0.15) is 14.6 Å². The lowest BCUT2D eigenvalue weighted by Gasteiger charge is -2.25. The Hall–Kier alpha value is -2.96. The standard InChI is InChI=1S/C17H19N5O2/c1-4-24-16(23)12(2)21(3)15-10-14(13-8-6-5-7-9-13)20-17-18-11-19-22(15)17/h5-12H,4H2,1-3H3. The van der Waals surface area contributed by atoms with Crippen LogP contribution in [-0.4, -0.2) is 45.2 Å². The van der Waals surface area contributed by atoms with Gasteiger partial charge in [-0.3, -0.25) is 0 Å². The molecule has 0 aliphatic carbocycles. The number of likely N-dealkylation sites (N-methyl/N-ethyl adjacent to an activating group) is 1. The lowest BCUT2D eigenvalue weighted by atomic mass is 10.1. The molecule has 3 aromatic rings. The molecule has 3 rings (SSSR count). The summed E-state index contributed by atoms with van der Waals surface area (Å²) in [5, 5.41) is 4.21. The first-order valence-corrected chi connectivity index (χ1v) is 7.77. The molecule has 0 N–H and O–H groups in total. The van der Waals surface area contributed by atoms with E-state index < -0.39 is 6.04 Å². The molecule has 7 heteroatoms.